The third-order valence-corrected chi connectivity index (χ3v) is 6.85. The highest BCUT2D eigenvalue weighted by Crippen LogP contribution is 2.30. The van der Waals surface area contributed by atoms with Crippen LogP contribution in [0.25, 0.3) is 0 Å². The first-order chi connectivity index (χ1) is 11.5. The molecule has 2 fully saturated rings. The summed E-state index contributed by atoms with van der Waals surface area (Å²) < 4.78 is 32.1. The Balaban J connectivity index is 1.79. The number of rotatable bonds is 4. The van der Waals surface area contributed by atoms with Crippen molar-refractivity contribution in [3.05, 3.63) is 23.2 Å². The summed E-state index contributed by atoms with van der Waals surface area (Å²) in [6.07, 6.45) is 3.07. The first-order valence-corrected chi connectivity index (χ1v) is 9.98. The van der Waals surface area contributed by atoms with Crippen LogP contribution in [0.15, 0.2) is 23.1 Å². The third-order valence-electron chi connectivity index (χ3n) is 4.47. The molecule has 0 radical (unpaired) electrons. The van der Waals surface area contributed by atoms with E-state index in [1.54, 1.807) is 6.07 Å². The monoisotopic (exact) mass is 372 g/mol. The van der Waals surface area contributed by atoms with E-state index < -0.39 is 10.0 Å². The number of hydrogen-bond acceptors (Lipinski definition) is 4. The Morgan fingerprint density at radius 1 is 1.21 bits per heavy atom. The molecule has 2 saturated heterocycles. The Bertz CT molecular complexity index is 711. The van der Waals surface area contributed by atoms with E-state index in [9.17, 15) is 13.2 Å². The number of nitrogens with one attached hydrogen (secondary N) is 1. The summed E-state index contributed by atoms with van der Waals surface area (Å²) in [7, 11) is -3.62. The first-order valence-electron chi connectivity index (χ1n) is 8.17. The van der Waals surface area contributed by atoms with Crippen molar-refractivity contribution in [3.8, 4) is 0 Å². The zero-order valence-electron chi connectivity index (χ0n) is 13.3. The molecule has 2 heterocycles. The number of hydrogen-bond donors (Lipinski definition) is 1. The van der Waals surface area contributed by atoms with Crippen molar-refractivity contribution in [1.29, 1.82) is 0 Å². The maximum atomic E-state index is 12.7. The quantitative estimate of drug-likeness (QED) is 0.881. The van der Waals surface area contributed by atoms with Crippen LogP contribution in [0, 0.1) is 5.92 Å². The molecule has 6 nitrogen and oxygen atoms in total. The second-order valence-electron chi connectivity index (χ2n) is 6.13. The molecule has 0 spiro atoms. The van der Waals surface area contributed by atoms with Crippen molar-refractivity contribution >= 4 is 33.2 Å². The lowest BCUT2D eigenvalue weighted by atomic mass is 9.99. The van der Waals surface area contributed by atoms with E-state index >= 15 is 0 Å². The fraction of sp³-hybridized carbons (Fsp3) is 0.562. The van der Waals surface area contributed by atoms with Gasteiger partial charge in [-0.1, -0.05) is 11.6 Å². The van der Waals surface area contributed by atoms with E-state index in [-0.39, 0.29) is 21.7 Å². The SMILES string of the molecule is O=C(Nc1ccc(Cl)c(S(=O)(=O)N2CCCC2)c1)C1CCOCC1. The largest absolute Gasteiger partial charge is 0.381 e. The summed E-state index contributed by atoms with van der Waals surface area (Å²) in [5.74, 6) is -0.210. The van der Waals surface area contributed by atoms with Crippen molar-refractivity contribution in [2.75, 3.05) is 31.6 Å². The van der Waals surface area contributed by atoms with Gasteiger partial charge in [-0.15, -0.1) is 0 Å². The van der Waals surface area contributed by atoms with Crippen molar-refractivity contribution in [3.63, 3.8) is 0 Å². The molecule has 3 rings (SSSR count). The molecule has 1 aromatic carbocycles. The summed E-state index contributed by atoms with van der Waals surface area (Å²) in [6, 6.07) is 4.60. The molecule has 2 aliphatic rings. The number of sulfonamides is 1. The number of benzene rings is 1. The van der Waals surface area contributed by atoms with Gasteiger partial charge in [-0.25, -0.2) is 8.42 Å². The van der Waals surface area contributed by atoms with Crippen LogP contribution >= 0.6 is 11.6 Å². The molecule has 1 N–H and O–H groups in total. The van der Waals surface area contributed by atoms with E-state index in [4.69, 9.17) is 16.3 Å². The van der Waals surface area contributed by atoms with Gasteiger partial charge in [0, 0.05) is 37.9 Å². The zero-order valence-corrected chi connectivity index (χ0v) is 14.9. The number of nitrogens with zero attached hydrogens (tertiary/aromatic N) is 1. The smallest absolute Gasteiger partial charge is 0.244 e. The zero-order chi connectivity index (χ0) is 17.2. The Morgan fingerprint density at radius 2 is 1.88 bits per heavy atom. The van der Waals surface area contributed by atoms with Crippen LogP contribution < -0.4 is 5.32 Å². The van der Waals surface area contributed by atoms with E-state index in [1.807, 2.05) is 0 Å². The minimum atomic E-state index is -3.62. The molecule has 2 aliphatic heterocycles. The predicted octanol–water partition coefficient (Wildman–Crippen LogP) is 2.49. The Morgan fingerprint density at radius 3 is 2.54 bits per heavy atom. The van der Waals surface area contributed by atoms with E-state index in [1.165, 1.54) is 16.4 Å². The topological polar surface area (TPSA) is 75.7 Å². The second kappa shape index (κ2) is 7.39. The number of halogens is 1. The summed E-state index contributed by atoms with van der Waals surface area (Å²) in [6.45, 7) is 2.18. The van der Waals surface area contributed by atoms with Gasteiger partial charge < -0.3 is 10.1 Å². The third kappa shape index (κ3) is 3.74. The Hall–Kier alpha value is -1.15. The normalized spacial score (nSPS) is 20.2. The molecule has 132 valence electrons. The number of carbonyl (C=O) groups excluding carboxylic acids is 1. The molecule has 1 amide bonds. The average Bonchev–Trinajstić information content (AvgIpc) is 3.12. The number of anilines is 1. The minimum absolute atomic E-state index is 0.0517. The van der Waals surface area contributed by atoms with Gasteiger partial charge in [0.25, 0.3) is 0 Å². The summed E-state index contributed by atoms with van der Waals surface area (Å²) in [5, 5.41) is 2.98. The fourth-order valence-corrected chi connectivity index (χ4v) is 5.07. The maximum Gasteiger partial charge on any atom is 0.244 e. The van der Waals surface area contributed by atoms with Crippen LogP contribution in [0.5, 0.6) is 0 Å². The van der Waals surface area contributed by atoms with Crippen LogP contribution in [-0.4, -0.2) is 44.9 Å². The number of amides is 1. The van der Waals surface area contributed by atoms with Crippen LogP contribution in [-0.2, 0) is 19.6 Å². The highest BCUT2D eigenvalue weighted by atomic mass is 35.5. The molecule has 1 aromatic rings. The molecule has 8 heteroatoms. The van der Waals surface area contributed by atoms with Crippen molar-refractivity contribution in [1.82, 2.24) is 4.31 Å². The van der Waals surface area contributed by atoms with Gasteiger partial charge in [-0.05, 0) is 43.9 Å². The lowest BCUT2D eigenvalue weighted by Gasteiger charge is -2.22. The lowest BCUT2D eigenvalue weighted by Crippen LogP contribution is -2.29. The van der Waals surface area contributed by atoms with E-state index in [0.29, 0.717) is 44.8 Å². The Labute approximate surface area is 147 Å². The fourth-order valence-electron chi connectivity index (χ4n) is 3.05. The molecule has 0 aromatic heterocycles. The second-order valence-corrected chi connectivity index (χ2v) is 8.45. The molecule has 0 aliphatic carbocycles. The number of ether oxygens (including phenoxy) is 1. The van der Waals surface area contributed by atoms with E-state index in [2.05, 4.69) is 5.32 Å². The van der Waals surface area contributed by atoms with Crippen molar-refractivity contribution < 1.29 is 17.9 Å². The predicted molar refractivity (Wildman–Crippen MR) is 91.6 cm³/mol. The van der Waals surface area contributed by atoms with Gasteiger partial charge >= 0.3 is 0 Å². The molecule has 0 atom stereocenters. The molecule has 0 unspecified atom stereocenters. The molecular weight excluding hydrogens is 352 g/mol. The summed E-state index contributed by atoms with van der Waals surface area (Å²) in [4.78, 5) is 12.4. The van der Waals surface area contributed by atoms with Crippen LogP contribution in [0.1, 0.15) is 25.7 Å². The van der Waals surface area contributed by atoms with E-state index in [0.717, 1.165) is 12.8 Å². The standard InChI is InChI=1S/C16H21ClN2O4S/c17-14-4-3-13(18-16(20)12-5-9-23-10-6-12)11-15(14)24(21,22)19-7-1-2-8-19/h3-4,11-12H,1-2,5-10H2,(H,18,20). The minimum Gasteiger partial charge on any atom is -0.381 e. The van der Waals surface area contributed by atoms with Crippen LogP contribution in [0.2, 0.25) is 5.02 Å². The average molecular weight is 373 g/mol. The maximum absolute atomic E-state index is 12.7. The highest BCUT2D eigenvalue weighted by Gasteiger charge is 2.29. The molecule has 24 heavy (non-hydrogen) atoms. The van der Waals surface area contributed by atoms with Gasteiger partial charge in [0.15, 0.2) is 0 Å². The first kappa shape index (κ1) is 17.7. The van der Waals surface area contributed by atoms with Crippen LogP contribution in [0.3, 0.4) is 0 Å². The molecular formula is C16H21ClN2O4S. The molecule has 0 saturated carbocycles. The lowest BCUT2D eigenvalue weighted by molar-refractivity contribution is -0.122. The van der Waals surface area contributed by atoms with Gasteiger partial charge in [-0.3, -0.25) is 4.79 Å². The van der Waals surface area contributed by atoms with Crippen LogP contribution in [0.4, 0.5) is 5.69 Å². The summed E-state index contributed by atoms with van der Waals surface area (Å²) >= 11 is 6.11. The van der Waals surface area contributed by atoms with Gasteiger partial charge in [-0.2, -0.15) is 4.31 Å². The van der Waals surface area contributed by atoms with Crippen molar-refractivity contribution in [2.24, 2.45) is 5.92 Å². The number of carbonyl (C=O) groups is 1. The highest BCUT2D eigenvalue weighted by molar-refractivity contribution is 7.89. The van der Waals surface area contributed by atoms with Crippen molar-refractivity contribution in [2.45, 2.75) is 30.6 Å². The molecule has 0 bridgehead atoms. The van der Waals surface area contributed by atoms with Gasteiger partial charge in [0.2, 0.25) is 15.9 Å². The van der Waals surface area contributed by atoms with Gasteiger partial charge in [0.05, 0.1) is 5.02 Å². The Kier molecular flexibility index (Phi) is 5.44. The summed E-state index contributed by atoms with van der Waals surface area (Å²) in [5.41, 5.74) is 0.452. The van der Waals surface area contributed by atoms with Gasteiger partial charge in [0.1, 0.15) is 4.90 Å².